The van der Waals surface area contributed by atoms with Gasteiger partial charge in [-0.3, -0.25) is 14.6 Å². The molecule has 1 aliphatic heterocycles. The van der Waals surface area contributed by atoms with E-state index in [1.807, 2.05) is 79.7 Å². The minimum atomic E-state index is -0.188. The van der Waals surface area contributed by atoms with Crippen molar-refractivity contribution in [2.24, 2.45) is 4.99 Å². The molecule has 6 nitrogen and oxygen atoms in total. The number of amides is 2. The molecular formula is C29H25N3O3. The Morgan fingerprint density at radius 3 is 2.57 bits per heavy atom. The van der Waals surface area contributed by atoms with Gasteiger partial charge in [0.05, 0.1) is 18.5 Å². The zero-order valence-electron chi connectivity index (χ0n) is 19.6. The molecule has 0 unspecified atom stereocenters. The highest BCUT2D eigenvalue weighted by Crippen LogP contribution is 2.31. The molecule has 1 aliphatic rings. The van der Waals surface area contributed by atoms with Crippen LogP contribution in [0.5, 0.6) is 5.75 Å². The number of hydrogen-bond donors (Lipinski definition) is 2. The summed E-state index contributed by atoms with van der Waals surface area (Å²) in [6.07, 6.45) is 0.687. The van der Waals surface area contributed by atoms with Gasteiger partial charge in [0, 0.05) is 33.3 Å². The largest absolute Gasteiger partial charge is 0.496 e. The second-order valence-electron chi connectivity index (χ2n) is 8.29. The third-order valence-electron chi connectivity index (χ3n) is 6.20. The van der Waals surface area contributed by atoms with Gasteiger partial charge in [-0.15, -0.1) is 0 Å². The van der Waals surface area contributed by atoms with Crippen molar-refractivity contribution in [1.82, 2.24) is 0 Å². The molecular weight excluding hydrogens is 438 g/mol. The van der Waals surface area contributed by atoms with E-state index in [0.717, 1.165) is 38.9 Å². The highest BCUT2D eigenvalue weighted by molar-refractivity contribution is 6.23. The molecule has 0 aromatic heterocycles. The minimum absolute atomic E-state index is 0.0481. The molecule has 0 atom stereocenters. The maximum absolute atomic E-state index is 13.0. The summed E-state index contributed by atoms with van der Waals surface area (Å²) >= 11 is 0. The van der Waals surface area contributed by atoms with Crippen LogP contribution in [0.1, 0.15) is 34.0 Å². The highest BCUT2D eigenvalue weighted by atomic mass is 16.5. The molecule has 6 heteroatoms. The molecule has 0 saturated heterocycles. The lowest BCUT2D eigenvalue weighted by Gasteiger charge is -2.14. The minimum Gasteiger partial charge on any atom is -0.496 e. The van der Waals surface area contributed by atoms with Crippen molar-refractivity contribution in [2.75, 3.05) is 24.3 Å². The summed E-state index contributed by atoms with van der Waals surface area (Å²) in [6.45, 7) is 2.05. The summed E-state index contributed by atoms with van der Waals surface area (Å²) in [7, 11) is 1.61. The predicted molar refractivity (Wildman–Crippen MR) is 140 cm³/mol. The molecule has 4 aromatic carbocycles. The number of nitrogens with one attached hydrogen (secondary N) is 2. The standard InChI is InChI=1S/C29H25N3O3/c1-3-21-23(9-6-10-25(21)35-2)29(34)31-20-14-11-19(12-15-20)27-24-16-13-18-7-4-5-8-22(18)28(24)32-26(33)17-30-27/h4-16H,3,17H2,1-2H3,(H,31,34)(H,32,33). The average molecular weight is 464 g/mol. The lowest BCUT2D eigenvalue weighted by atomic mass is 9.96. The van der Waals surface area contributed by atoms with Crippen LogP contribution in [-0.4, -0.2) is 31.2 Å². The lowest BCUT2D eigenvalue weighted by Crippen LogP contribution is -2.15. The van der Waals surface area contributed by atoms with Crippen LogP contribution >= 0.6 is 0 Å². The fourth-order valence-electron chi connectivity index (χ4n) is 4.51. The first-order valence-electron chi connectivity index (χ1n) is 11.5. The number of aliphatic imine (C=N–C) groups is 1. The van der Waals surface area contributed by atoms with Gasteiger partial charge in [-0.25, -0.2) is 0 Å². The van der Waals surface area contributed by atoms with Crippen LogP contribution in [0.3, 0.4) is 0 Å². The molecule has 5 rings (SSSR count). The molecule has 0 fully saturated rings. The van der Waals surface area contributed by atoms with E-state index in [9.17, 15) is 9.59 Å². The van der Waals surface area contributed by atoms with Crippen LogP contribution in [-0.2, 0) is 11.2 Å². The molecule has 0 aliphatic carbocycles. The van der Waals surface area contributed by atoms with Crippen molar-refractivity contribution in [3.05, 3.63) is 101 Å². The molecule has 2 N–H and O–H groups in total. The smallest absolute Gasteiger partial charge is 0.256 e. The Morgan fingerprint density at radius 1 is 1.00 bits per heavy atom. The molecule has 2 amide bonds. The third-order valence-corrected chi connectivity index (χ3v) is 6.20. The van der Waals surface area contributed by atoms with Crippen molar-refractivity contribution in [3.63, 3.8) is 0 Å². The Bertz CT molecular complexity index is 1470. The number of benzene rings is 4. The Balaban J connectivity index is 1.45. The van der Waals surface area contributed by atoms with E-state index in [1.54, 1.807) is 13.2 Å². The van der Waals surface area contributed by atoms with Gasteiger partial charge >= 0.3 is 0 Å². The van der Waals surface area contributed by atoms with Crippen molar-refractivity contribution < 1.29 is 14.3 Å². The van der Waals surface area contributed by atoms with Crippen molar-refractivity contribution >= 4 is 39.7 Å². The van der Waals surface area contributed by atoms with E-state index >= 15 is 0 Å². The Labute approximate surface area is 203 Å². The summed E-state index contributed by atoms with van der Waals surface area (Å²) in [4.78, 5) is 30.0. The highest BCUT2D eigenvalue weighted by Gasteiger charge is 2.20. The number of methoxy groups -OCH3 is 1. The molecule has 0 spiro atoms. The van der Waals surface area contributed by atoms with Gasteiger partial charge in [-0.05, 0) is 36.1 Å². The van der Waals surface area contributed by atoms with E-state index in [1.165, 1.54) is 0 Å². The summed E-state index contributed by atoms with van der Waals surface area (Å²) in [6, 6.07) is 25.0. The SMILES string of the molecule is CCc1c(OC)cccc1C(=O)Nc1ccc(C2=NCC(=O)Nc3c2ccc2ccccc32)cc1. The fraction of sp³-hybridized carbons (Fsp3) is 0.138. The Morgan fingerprint density at radius 2 is 1.80 bits per heavy atom. The first-order valence-corrected chi connectivity index (χ1v) is 11.5. The molecule has 1 heterocycles. The number of ether oxygens (including phenoxy) is 1. The van der Waals surface area contributed by atoms with Crippen LogP contribution in [0.25, 0.3) is 10.8 Å². The average Bonchev–Trinajstić information content (AvgIpc) is 3.07. The number of anilines is 2. The van der Waals surface area contributed by atoms with Crippen molar-refractivity contribution in [1.29, 1.82) is 0 Å². The van der Waals surface area contributed by atoms with Gasteiger partial charge in [-0.1, -0.05) is 61.5 Å². The first kappa shape index (κ1) is 22.3. The Kier molecular flexibility index (Phi) is 6.02. The number of hydrogen-bond acceptors (Lipinski definition) is 4. The van der Waals surface area contributed by atoms with Crippen LogP contribution in [0.2, 0.25) is 0 Å². The van der Waals surface area contributed by atoms with E-state index in [0.29, 0.717) is 23.4 Å². The topological polar surface area (TPSA) is 79.8 Å². The van der Waals surface area contributed by atoms with Gasteiger partial charge in [0.25, 0.3) is 5.91 Å². The maximum Gasteiger partial charge on any atom is 0.256 e. The van der Waals surface area contributed by atoms with E-state index in [4.69, 9.17) is 4.74 Å². The normalized spacial score (nSPS) is 12.9. The number of nitrogens with zero attached hydrogens (tertiary/aromatic N) is 1. The number of carbonyl (C=O) groups excluding carboxylic acids is 2. The zero-order valence-corrected chi connectivity index (χ0v) is 19.6. The maximum atomic E-state index is 13.0. The van der Waals surface area contributed by atoms with Gasteiger partial charge in [0.15, 0.2) is 0 Å². The first-order chi connectivity index (χ1) is 17.1. The van der Waals surface area contributed by atoms with Crippen molar-refractivity contribution in [2.45, 2.75) is 13.3 Å². The number of fused-ring (bicyclic) bond motifs is 3. The second-order valence-corrected chi connectivity index (χ2v) is 8.29. The zero-order chi connectivity index (χ0) is 24.4. The van der Waals surface area contributed by atoms with Gasteiger partial charge in [0.1, 0.15) is 12.3 Å². The van der Waals surface area contributed by atoms with Crippen molar-refractivity contribution in [3.8, 4) is 5.75 Å². The van der Waals surface area contributed by atoms with E-state index < -0.39 is 0 Å². The summed E-state index contributed by atoms with van der Waals surface area (Å²) in [5, 5.41) is 8.02. The van der Waals surface area contributed by atoms with E-state index in [2.05, 4.69) is 15.6 Å². The fourth-order valence-corrected chi connectivity index (χ4v) is 4.51. The van der Waals surface area contributed by atoms with E-state index in [-0.39, 0.29) is 18.4 Å². The molecule has 0 saturated carbocycles. The number of carbonyl (C=O) groups is 2. The van der Waals surface area contributed by atoms with Gasteiger partial charge in [0.2, 0.25) is 5.91 Å². The van der Waals surface area contributed by atoms with Crippen LogP contribution in [0.4, 0.5) is 11.4 Å². The van der Waals surface area contributed by atoms with Crippen LogP contribution in [0.15, 0.2) is 83.9 Å². The van der Waals surface area contributed by atoms with Gasteiger partial charge in [-0.2, -0.15) is 0 Å². The lowest BCUT2D eigenvalue weighted by molar-refractivity contribution is -0.114. The molecule has 4 aromatic rings. The van der Waals surface area contributed by atoms with Crippen LogP contribution in [0, 0.1) is 0 Å². The quantitative estimate of drug-likeness (QED) is 0.413. The summed E-state index contributed by atoms with van der Waals surface area (Å²) in [5.74, 6) is 0.370. The monoisotopic (exact) mass is 463 g/mol. The third kappa shape index (κ3) is 4.26. The second kappa shape index (κ2) is 9.43. The number of rotatable bonds is 5. The molecule has 35 heavy (non-hydrogen) atoms. The summed E-state index contributed by atoms with van der Waals surface area (Å²) in [5.41, 5.74) is 5.38. The molecule has 174 valence electrons. The Hall–Kier alpha value is -4.45. The summed E-state index contributed by atoms with van der Waals surface area (Å²) < 4.78 is 5.41. The van der Waals surface area contributed by atoms with Crippen LogP contribution < -0.4 is 15.4 Å². The predicted octanol–water partition coefficient (Wildman–Crippen LogP) is 5.45. The molecule has 0 bridgehead atoms. The van der Waals surface area contributed by atoms with Gasteiger partial charge < -0.3 is 15.4 Å². The molecule has 0 radical (unpaired) electrons.